The van der Waals surface area contributed by atoms with E-state index >= 15 is 0 Å². The van der Waals surface area contributed by atoms with Crippen molar-refractivity contribution in [2.45, 2.75) is 63.3 Å². The summed E-state index contributed by atoms with van der Waals surface area (Å²) < 4.78 is 68.1. The highest BCUT2D eigenvalue weighted by molar-refractivity contribution is 7.91. The quantitative estimate of drug-likeness (QED) is 0.514. The SMILES string of the molecule is CCc1nc(C(=O)NC[C@H]2CC[C@H](S(C)(=O)=O)CC2)c(C#N)n1-c1ncc(CCC(F)(F)F)cc1OC. The molecular weight excluding hydrogens is 511 g/mol. The number of hydrogen-bond donors (Lipinski definition) is 1. The maximum Gasteiger partial charge on any atom is 0.389 e. The van der Waals surface area contributed by atoms with E-state index < -0.39 is 28.3 Å². The summed E-state index contributed by atoms with van der Waals surface area (Å²) in [5.41, 5.74) is 0.163. The Hall–Kier alpha value is -3.14. The first-order valence-corrected chi connectivity index (χ1v) is 13.9. The topological polar surface area (TPSA) is 127 Å². The van der Waals surface area contributed by atoms with Crippen molar-refractivity contribution in [1.29, 1.82) is 5.26 Å². The number of imidazole rings is 1. The number of aromatic nitrogens is 3. The molecule has 202 valence electrons. The molecular formula is C24H30F3N5O4S. The number of rotatable bonds is 9. The van der Waals surface area contributed by atoms with E-state index in [0.717, 1.165) is 0 Å². The summed E-state index contributed by atoms with van der Waals surface area (Å²) in [6.07, 6.45) is -0.299. The van der Waals surface area contributed by atoms with Crippen molar-refractivity contribution in [1.82, 2.24) is 19.9 Å². The average Bonchev–Trinajstić information content (AvgIpc) is 3.23. The maximum atomic E-state index is 13.0. The van der Waals surface area contributed by atoms with Crippen molar-refractivity contribution in [2.75, 3.05) is 19.9 Å². The van der Waals surface area contributed by atoms with Crippen LogP contribution in [0.15, 0.2) is 12.3 Å². The van der Waals surface area contributed by atoms with Crippen molar-refractivity contribution in [3.63, 3.8) is 0 Å². The number of aryl methyl sites for hydroxylation is 2. The Labute approximate surface area is 214 Å². The first-order valence-electron chi connectivity index (χ1n) is 12.0. The molecule has 37 heavy (non-hydrogen) atoms. The lowest BCUT2D eigenvalue weighted by molar-refractivity contribution is -0.134. The predicted octanol–water partition coefficient (Wildman–Crippen LogP) is 3.54. The van der Waals surface area contributed by atoms with E-state index in [1.807, 2.05) is 6.07 Å². The van der Waals surface area contributed by atoms with Gasteiger partial charge >= 0.3 is 6.18 Å². The molecule has 1 N–H and O–H groups in total. The highest BCUT2D eigenvalue weighted by atomic mass is 32.2. The van der Waals surface area contributed by atoms with E-state index in [4.69, 9.17) is 4.74 Å². The Balaban J connectivity index is 1.81. The van der Waals surface area contributed by atoms with Gasteiger partial charge < -0.3 is 10.1 Å². The van der Waals surface area contributed by atoms with Gasteiger partial charge in [-0.2, -0.15) is 18.4 Å². The first-order chi connectivity index (χ1) is 17.4. The number of halogens is 3. The summed E-state index contributed by atoms with van der Waals surface area (Å²) in [5, 5.41) is 12.3. The first kappa shape index (κ1) is 28.4. The Morgan fingerprint density at radius 1 is 1.30 bits per heavy atom. The fraction of sp³-hybridized carbons (Fsp3) is 0.583. The summed E-state index contributed by atoms with van der Waals surface area (Å²) in [6.45, 7) is 2.11. The van der Waals surface area contributed by atoms with Gasteiger partial charge in [0.1, 0.15) is 21.7 Å². The molecule has 0 aliphatic heterocycles. The number of pyridine rings is 1. The number of sulfone groups is 1. The lowest BCUT2D eigenvalue weighted by Crippen LogP contribution is -2.34. The van der Waals surface area contributed by atoms with Gasteiger partial charge in [0.2, 0.25) is 0 Å². The van der Waals surface area contributed by atoms with Crippen LogP contribution >= 0.6 is 0 Å². The highest BCUT2D eigenvalue weighted by Crippen LogP contribution is 2.30. The minimum atomic E-state index is -4.31. The van der Waals surface area contributed by atoms with Crippen LogP contribution in [0.3, 0.4) is 0 Å². The van der Waals surface area contributed by atoms with Crippen molar-refractivity contribution in [3.8, 4) is 17.6 Å². The van der Waals surface area contributed by atoms with E-state index in [9.17, 15) is 31.6 Å². The molecule has 1 aliphatic carbocycles. The molecule has 1 aliphatic rings. The van der Waals surface area contributed by atoms with Crippen molar-refractivity contribution in [3.05, 3.63) is 35.0 Å². The molecule has 0 saturated heterocycles. The number of nitrogens with one attached hydrogen (secondary N) is 1. The average molecular weight is 542 g/mol. The highest BCUT2D eigenvalue weighted by Gasteiger charge is 2.30. The van der Waals surface area contributed by atoms with E-state index in [2.05, 4.69) is 15.3 Å². The van der Waals surface area contributed by atoms with Crippen LogP contribution in [-0.2, 0) is 22.7 Å². The van der Waals surface area contributed by atoms with Crippen LogP contribution in [0.1, 0.15) is 66.6 Å². The van der Waals surface area contributed by atoms with E-state index in [0.29, 0.717) is 50.0 Å². The summed E-state index contributed by atoms with van der Waals surface area (Å²) in [6, 6.07) is 3.43. The molecule has 1 saturated carbocycles. The number of methoxy groups -OCH3 is 1. The van der Waals surface area contributed by atoms with Crippen molar-refractivity contribution in [2.24, 2.45) is 5.92 Å². The molecule has 2 aromatic rings. The fourth-order valence-electron chi connectivity index (χ4n) is 4.50. The van der Waals surface area contributed by atoms with Crippen LogP contribution in [0.5, 0.6) is 5.75 Å². The molecule has 0 radical (unpaired) electrons. The third-order valence-electron chi connectivity index (χ3n) is 6.55. The number of carbonyl (C=O) groups excluding carboxylic acids is 1. The second-order valence-electron chi connectivity index (χ2n) is 9.19. The van der Waals surface area contributed by atoms with Crippen LogP contribution in [0, 0.1) is 17.2 Å². The monoisotopic (exact) mass is 541 g/mol. The van der Waals surface area contributed by atoms with E-state index in [1.54, 1.807) is 6.92 Å². The van der Waals surface area contributed by atoms with Crippen LogP contribution in [-0.4, -0.2) is 60.2 Å². The van der Waals surface area contributed by atoms with Gasteiger partial charge in [-0.3, -0.25) is 9.36 Å². The lowest BCUT2D eigenvalue weighted by Gasteiger charge is -2.27. The molecule has 2 aromatic heterocycles. The summed E-state index contributed by atoms with van der Waals surface area (Å²) in [7, 11) is -1.74. The van der Waals surface area contributed by atoms with Crippen molar-refractivity contribution < 1.29 is 31.1 Å². The van der Waals surface area contributed by atoms with Crippen LogP contribution < -0.4 is 10.1 Å². The summed E-state index contributed by atoms with van der Waals surface area (Å²) >= 11 is 0. The minimum Gasteiger partial charge on any atom is -0.493 e. The van der Waals surface area contributed by atoms with E-state index in [-0.39, 0.29) is 40.5 Å². The Bertz CT molecular complexity index is 1280. The molecule has 3 rings (SSSR count). The number of hydrogen-bond acceptors (Lipinski definition) is 7. The van der Waals surface area contributed by atoms with Gasteiger partial charge in [-0.25, -0.2) is 18.4 Å². The van der Waals surface area contributed by atoms with Crippen LogP contribution in [0.25, 0.3) is 5.82 Å². The molecule has 0 aromatic carbocycles. The summed E-state index contributed by atoms with van der Waals surface area (Å²) in [4.78, 5) is 21.6. The van der Waals surface area contributed by atoms with Gasteiger partial charge in [0.15, 0.2) is 23.0 Å². The van der Waals surface area contributed by atoms with Crippen molar-refractivity contribution >= 4 is 15.7 Å². The Kier molecular flexibility index (Phi) is 8.84. The smallest absolute Gasteiger partial charge is 0.389 e. The summed E-state index contributed by atoms with van der Waals surface area (Å²) in [5.74, 6) is 0.238. The molecule has 0 spiro atoms. The molecule has 2 heterocycles. The van der Waals surface area contributed by atoms with E-state index in [1.165, 1.54) is 30.2 Å². The van der Waals surface area contributed by atoms with Crippen LogP contribution in [0.2, 0.25) is 0 Å². The normalized spacial score (nSPS) is 18.3. The van der Waals surface area contributed by atoms with Crippen LogP contribution in [0.4, 0.5) is 13.2 Å². The fourth-order valence-corrected chi connectivity index (χ4v) is 5.63. The van der Waals surface area contributed by atoms with Gasteiger partial charge in [-0.15, -0.1) is 0 Å². The lowest BCUT2D eigenvalue weighted by atomic mass is 9.89. The Morgan fingerprint density at radius 3 is 2.51 bits per heavy atom. The van der Waals surface area contributed by atoms with Gasteiger partial charge in [0, 0.05) is 31.8 Å². The third-order valence-corrected chi connectivity index (χ3v) is 8.24. The number of nitrogens with zero attached hydrogens (tertiary/aromatic N) is 4. The van der Waals surface area contributed by atoms with Gasteiger partial charge in [0.05, 0.1) is 12.4 Å². The zero-order valence-corrected chi connectivity index (χ0v) is 21.7. The number of alkyl halides is 3. The molecule has 9 nitrogen and oxygen atoms in total. The Morgan fingerprint density at radius 2 is 1.97 bits per heavy atom. The van der Waals surface area contributed by atoms with Gasteiger partial charge in [-0.1, -0.05) is 6.92 Å². The molecule has 1 fully saturated rings. The zero-order valence-electron chi connectivity index (χ0n) is 20.9. The maximum absolute atomic E-state index is 13.0. The molecule has 13 heteroatoms. The number of amides is 1. The van der Waals surface area contributed by atoms with Gasteiger partial charge in [-0.05, 0) is 49.7 Å². The second kappa shape index (κ2) is 11.5. The molecule has 0 unspecified atom stereocenters. The second-order valence-corrected chi connectivity index (χ2v) is 11.5. The number of ether oxygens (including phenoxy) is 1. The molecule has 1 amide bonds. The zero-order chi connectivity index (χ0) is 27.4. The minimum absolute atomic E-state index is 0.0658. The third kappa shape index (κ3) is 7.00. The largest absolute Gasteiger partial charge is 0.493 e. The molecule has 0 atom stereocenters. The number of carbonyl (C=O) groups is 1. The number of nitriles is 1. The van der Waals surface area contributed by atoms with Gasteiger partial charge in [0.25, 0.3) is 5.91 Å². The standard InChI is InChI=1S/C24H30F3N5O4S/c1-4-20-31-21(23(33)30-13-15-5-7-17(8-6-15)37(3,34)35)18(12-28)32(20)22-19(36-2)11-16(14-29-22)9-10-24(25,26)27/h11,14-15,17H,4-10,13H2,1-3H3,(H,30,33)/t15-,17-. The molecule has 0 bridgehead atoms. The predicted molar refractivity (Wildman–Crippen MR) is 129 cm³/mol.